The molecule has 2 heterocycles. The van der Waals surface area contributed by atoms with Crippen LogP contribution in [0.3, 0.4) is 0 Å². The molecule has 31 heavy (non-hydrogen) atoms. The number of carbonyl (C=O) groups excluding carboxylic acids is 2. The number of benzene rings is 1. The molecular formula is C25H26BrN3O2. The van der Waals surface area contributed by atoms with Crippen LogP contribution in [-0.2, 0) is 9.59 Å². The first-order chi connectivity index (χ1) is 14.6. The van der Waals surface area contributed by atoms with E-state index in [2.05, 4.69) is 45.4 Å². The highest BCUT2D eigenvalue weighted by atomic mass is 79.9. The Morgan fingerprint density at radius 2 is 1.97 bits per heavy atom. The van der Waals surface area contributed by atoms with Crippen LogP contribution in [0.15, 0.2) is 69.6 Å². The van der Waals surface area contributed by atoms with Crippen LogP contribution in [0.25, 0.3) is 0 Å². The Labute approximate surface area is 191 Å². The Morgan fingerprint density at radius 1 is 1.19 bits per heavy atom. The second kappa shape index (κ2) is 8.08. The molecule has 6 heteroatoms. The van der Waals surface area contributed by atoms with Gasteiger partial charge in [-0.25, -0.2) is 4.98 Å². The number of hydrogen-bond donors (Lipinski definition) is 2. The van der Waals surface area contributed by atoms with E-state index >= 15 is 0 Å². The number of pyridine rings is 1. The van der Waals surface area contributed by atoms with Gasteiger partial charge in [-0.2, -0.15) is 0 Å². The lowest BCUT2D eigenvalue weighted by Gasteiger charge is -2.39. The third kappa shape index (κ3) is 4.35. The summed E-state index contributed by atoms with van der Waals surface area (Å²) in [5.74, 6) is -0.0937. The molecule has 0 bridgehead atoms. The van der Waals surface area contributed by atoms with Crippen molar-refractivity contribution in [3.8, 4) is 0 Å². The third-order valence-electron chi connectivity index (χ3n) is 5.82. The van der Waals surface area contributed by atoms with Gasteiger partial charge in [0.05, 0.1) is 0 Å². The normalized spacial score (nSPS) is 20.3. The summed E-state index contributed by atoms with van der Waals surface area (Å²) in [6, 6.07) is 11.6. The van der Waals surface area contributed by atoms with Crippen LogP contribution in [0.2, 0.25) is 0 Å². The molecule has 0 saturated heterocycles. The van der Waals surface area contributed by atoms with Gasteiger partial charge in [0.15, 0.2) is 5.78 Å². The molecule has 5 nitrogen and oxygen atoms in total. The molecule has 1 aromatic heterocycles. The van der Waals surface area contributed by atoms with Gasteiger partial charge in [0.25, 0.3) is 5.91 Å². The number of nitrogens with one attached hydrogen (secondary N) is 2. The fraction of sp³-hybridized carbons (Fsp3) is 0.320. The average molecular weight is 480 g/mol. The van der Waals surface area contributed by atoms with E-state index in [9.17, 15) is 9.59 Å². The first kappa shape index (κ1) is 21.5. The van der Waals surface area contributed by atoms with Gasteiger partial charge in [-0.05, 0) is 61.1 Å². The number of halogens is 1. The maximum absolute atomic E-state index is 13.5. The van der Waals surface area contributed by atoms with E-state index in [1.165, 1.54) is 0 Å². The van der Waals surface area contributed by atoms with Crippen LogP contribution in [-0.4, -0.2) is 16.7 Å². The van der Waals surface area contributed by atoms with Gasteiger partial charge in [0.1, 0.15) is 5.82 Å². The van der Waals surface area contributed by atoms with Crippen molar-refractivity contribution >= 4 is 33.4 Å². The second-order valence-electron chi connectivity index (χ2n) is 9.16. The van der Waals surface area contributed by atoms with E-state index in [1.54, 1.807) is 6.20 Å². The maximum atomic E-state index is 13.5. The van der Waals surface area contributed by atoms with Gasteiger partial charge in [0, 0.05) is 45.5 Å². The fourth-order valence-corrected chi connectivity index (χ4v) is 4.96. The number of carbonyl (C=O) groups is 2. The van der Waals surface area contributed by atoms with Crippen LogP contribution in [0, 0.1) is 12.3 Å². The third-order valence-corrected chi connectivity index (χ3v) is 6.32. The predicted octanol–water partition coefficient (Wildman–Crippen LogP) is 5.40. The Balaban J connectivity index is 1.81. The van der Waals surface area contributed by atoms with Crippen molar-refractivity contribution in [2.24, 2.45) is 5.41 Å². The lowest BCUT2D eigenvalue weighted by atomic mass is 9.68. The minimum atomic E-state index is -0.429. The van der Waals surface area contributed by atoms with Crippen LogP contribution in [0.1, 0.15) is 50.7 Å². The molecule has 2 N–H and O–H groups in total. The zero-order chi connectivity index (χ0) is 22.3. The first-order valence-electron chi connectivity index (χ1n) is 10.4. The molecule has 1 aliphatic carbocycles. The molecule has 1 aliphatic heterocycles. The maximum Gasteiger partial charge on any atom is 0.255 e. The average Bonchev–Trinajstić information content (AvgIpc) is 2.65. The summed E-state index contributed by atoms with van der Waals surface area (Å²) in [7, 11) is 0. The predicted molar refractivity (Wildman–Crippen MR) is 125 cm³/mol. The van der Waals surface area contributed by atoms with Crippen molar-refractivity contribution in [1.82, 2.24) is 10.3 Å². The van der Waals surface area contributed by atoms with Crippen molar-refractivity contribution < 1.29 is 9.59 Å². The number of aromatic nitrogens is 1. The summed E-state index contributed by atoms with van der Waals surface area (Å²) >= 11 is 3.54. The molecule has 0 fully saturated rings. The molecule has 0 radical (unpaired) electrons. The quantitative estimate of drug-likeness (QED) is 0.618. The summed E-state index contributed by atoms with van der Waals surface area (Å²) in [6.07, 6.45) is 2.90. The highest BCUT2D eigenvalue weighted by Gasteiger charge is 2.42. The number of dihydropyridines is 1. The molecule has 1 unspecified atom stereocenters. The van der Waals surface area contributed by atoms with E-state index < -0.39 is 5.92 Å². The van der Waals surface area contributed by atoms with E-state index in [0.717, 1.165) is 33.4 Å². The number of hydrogen-bond acceptors (Lipinski definition) is 4. The van der Waals surface area contributed by atoms with Gasteiger partial charge >= 0.3 is 0 Å². The number of anilines is 1. The minimum absolute atomic E-state index is 0.0928. The largest absolute Gasteiger partial charge is 0.362 e. The summed E-state index contributed by atoms with van der Waals surface area (Å²) < 4.78 is 0.909. The number of aryl methyl sites for hydroxylation is 1. The lowest BCUT2D eigenvalue weighted by Crippen LogP contribution is -2.39. The first-order valence-corrected chi connectivity index (χ1v) is 11.2. The van der Waals surface area contributed by atoms with E-state index in [1.807, 2.05) is 50.2 Å². The van der Waals surface area contributed by atoms with Gasteiger partial charge in [-0.1, -0.05) is 41.9 Å². The fourth-order valence-electron chi connectivity index (χ4n) is 4.54. The molecule has 0 spiro atoms. The topological polar surface area (TPSA) is 71.1 Å². The van der Waals surface area contributed by atoms with Crippen molar-refractivity contribution in [3.05, 3.63) is 80.7 Å². The Morgan fingerprint density at radius 3 is 2.68 bits per heavy atom. The summed E-state index contributed by atoms with van der Waals surface area (Å²) in [5, 5.41) is 6.32. The Hall–Kier alpha value is -2.73. The van der Waals surface area contributed by atoms with Gasteiger partial charge in [0.2, 0.25) is 0 Å². The standard InChI is InChI=1S/C25H26BrN3O2/c1-14-8-9-27-20(10-14)29-24(31)21-15(2)28-18-12-25(3,4)13-19(30)23(18)22(21)16-6-5-7-17(26)11-16/h5-11,22,28H,12-13H2,1-4H3,(H,27,29,31). The van der Waals surface area contributed by atoms with Crippen molar-refractivity contribution in [3.63, 3.8) is 0 Å². The monoisotopic (exact) mass is 479 g/mol. The number of allylic oxidation sites excluding steroid dienone is 3. The van der Waals surface area contributed by atoms with Gasteiger partial charge in [-0.15, -0.1) is 0 Å². The van der Waals surface area contributed by atoms with Gasteiger partial charge in [-0.3, -0.25) is 9.59 Å². The van der Waals surface area contributed by atoms with Crippen molar-refractivity contribution in [2.75, 3.05) is 5.32 Å². The van der Waals surface area contributed by atoms with Crippen molar-refractivity contribution in [1.29, 1.82) is 0 Å². The molecule has 4 rings (SSSR count). The number of rotatable bonds is 3. The highest BCUT2D eigenvalue weighted by molar-refractivity contribution is 9.10. The van der Waals surface area contributed by atoms with Gasteiger partial charge < -0.3 is 10.6 Å². The molecule has 1 amide bonds. The molecule has 160 valence electrons. The van der Waals surface area contributed by atoms with E-state index in [0.29, 0.717) is 23.4 Å². The number of Topliss-reactive ketones (excluding diaryl/α,β-unsaturated/α-hetero) is 1. The number of amides is 1. The zero-order valence-electron chi connectivity index (χ0n) is 18.2. The highest BCUT2D eigenvalue weighted by Crippen LogP contribution is 2.47. The molecule has 2 aliphatic rings. The number of nitrogens with zero attached hydrogens (tertiary/aromatic N) is 1. The summed E-state index contributed by atoms with van der Waals surface area (Å²) in [4.78, 5) is 31.1. The van der Waals surface area contributed by atoms with Crippen LogP contribution in [0.4, 0.5) is 5.82 Å². The Bertz CT molecular complexity index is 1150. The van der Waals surface area contributed by atoms with Crippen LogP contribution >= 0.6 is 15.9 Å². The van der Waals surface area contributed by atoms with E-state index in [4.69, 9.17) is 0 Å². The smallest absolute Gasteiger partial charge is 0.255 e. The number of ketones is 1. The molecule has 0 saturated carbocycles. The zero-order valence-corrected chi connectivity index (χ0v) is 19.8. The van der Waals surface area contributed by atoms with E-state index in [-0.39, 0.29) is 17.1 Å². The molecule has 2 aromatic rings. The molecule has 1 aromatic carbocycles. The SMILES string of the molecule is CC1=C(C(=O)Nc2cc(C)ccn2)C(c2cccc(Br)c2)C2=C(CC(C)(C)CC2=O)N1. The van der Waals surface area contributed by atoms with Crippen LogP contribution < -0.4 is 10.6 Å². The molecule has 1 atom stereocenters. The van der Waals surface area contributed by atoms with Crippen molar-refractivity contribution in [2.45, 2.75) is 46.5 Å². The van der Waals surface area contributed by atoms with Crippen LogP contribution in [0.5, 0.6) is 0 Å². The second-order valence-corrected chi connectivity index (χ2v) is 10.1. The summed E-state index contributed by atoms with van der Waals surface area (Å²) in [5.41, 5.74) is 4.75. The summed E-state index contributed by atoms with van der Waals surface area (Å²) in [6.45, 7) is 8.07. The lowest BCUT2D eigenvalue weighted by molar-refractivity contribution is -0.118. The minimum Gasteiger partial charge on any atom is -0.362 e. The Kier molecular flexibility index (Phi) is 5.60. The molecular weight excluding hydrogens is 454 g/mol.